The molecule has 0 radical (unpaired) electrons. The molecule has 0 atom stereocenters. The van der Waals surface area contributed by atoms with Gasteiger partial charge in [0.15, 0.2) is 11.0 Å². The molecule has 102 valence electrons. The Labute approximate surface area is 113 Å². The average Bonchev–Trinajstić information content (AvgIpc) is 2.95. The number of aliphatic carboxylic acids is 1. The van der Waals surface area contributed by atoms with Gasteiger partial charge in [0.2, 0.25) is 5.89 Å². The number of nitrogens with zero attached hydrogens (tertiary/aromatic N) is 3. The SMILES string of the molecule is Cc1noc(CNc2nc(C(C)(C)C(=O)O)cs2)n1. The summed E-state index contributed by atoms with van der Waals surface area (Å²) >= 11 is 1.34. The van der Waals surface area contributed by atoms with Gasteiger partial charge in [0, 0.05) is 5.38 Å². The minimum atomic E-state index is -1.00. The zero-order valence-corrected chi connectivity index (χ0v) is 11.6. The first kappa shape index (κ1) is 13.5. The van der Waals surface area contributed by atoms with Gasteiger partial charge in [-0.05, 0) is 20.8 Å². The molecule has 2 aromatic rings. The molecule has 0 bridgehead atoms. The largest absolute Gasteiger partial charge is 0.481 e. The van der Waals surface area contributed by atoms with Gasteiger partial charge in [0.05, 0.1) is 12.2 Å². The highest BCUT2D eigenvalue weighted by atomic mass is 32.1. The smallest absolute Gasteiger partial charge is 0.315 e. The number of nitrogens with one attached hydrogen (secondary N) is 1. The number of anilines is 1. The van der Waals surface area contributed by atoms with E-state index in [-0.39, 0.29) is 0 Å². The fourth-order valence-corrected chi connectivity index (χ4v) is 2.19. The van der Waals surface area contributed by atoms with Gasteiger partial charge < -0.3 is 14.9 Å². The molecule has 0 aliphatic heterocycles. The Morgan fingerprint density at radius 2 is 2.26 bits per heavy atom. The molecule has 8 heteroatoms. The first-order chi connectivity index (χ1) is 8.89. The van der Waals surface area contributed by atoms with Crippen molar-refractivity contribution in [1.82, 2.24) is 15.1 Å². The van der Waals surface area contributed by atoms with Gasteiger partial charge in [-0.2, -0.15) is 4.98 Å². The van der Waals surface area contributed by atoms with Crippen molar-refractivity contribution in [2.24, 2.45) is 0 Å². The molecule has 0 saturated heterocycles. The second-order valence-corrected chi connectivity index (χ2v) is 5.42. The number of carboxylic acids is 1. The fourth-order valence-electron chi connectivity index (χ4n) is 1.31. The van der Waals surface area contributed by atoms with E-state index in [2.05, 4.69) is 20.4 Å². The van der Waals surface area contributed by atoms with E-state index in [1.165, 1.54) is 11.3 Å². The van der Waals surface area contributed by atoms with E-state index in [1.807, 2.05) is 0 Å². The average molecular weight is 282 g/mol. The van der Waals surface area contributed by atoms with Gasteiger partial charge >= 0.3 is 5.97 Å². The van der Waals surface area contributed by atoms with E-state index in [4.69, 9.17) is 9.63 Å². The number of aromatic nitrogens is 3. The number of carboxylic acid groups (broad SMARTS) is 1. The third-order valence-corrected chi connectivity index (χ3v) is 3.44. The summed E-state index contributed by atoms with van der Waals surface area (Å²) in [6, 6.07) is 0. The Morgan fingerprint density at radius 1 is 1.53 bits per heavy atom. The van der Waals surface area contributed by atoms with Crippen LogP contribution in [0.5, 0.6) is 0 Å². The Hall–Kier alpha value is -1.96. The normalized spacial score (nSPS) is 11.5. The van der Waals surface area contributed by atoms with Crippen molar-refractivity contribution in [2.45, 2.75) is 32.7 Å². The maximum absolute atomic E-state index is 11.1. The highest BCUT2D eigenvalue weighted by molar-refractivity contribution is 7.13. The lowest BCUT2D eigenvalue weighted by atomic mass is 9.90. The number of carbonyl (C=O) groups is 1. The van der Waals surface area contributed by atoms with Crippen LogP contribution in [0.3, 0.4) is 0 Å². The van der Waals surface area contributed by atoms with E-state index < -0.39 is 11.4 Å². The molecule has 7 nitrogen and oxygen atoms in total. The van der Waals surface area contributed by atoms with E-state index in [9.17, 15) is 4.79 Å². The third kappa shape index (κ3) is 2.90. The highest BCUT2D eigenvalue weighted by Gasteiger charge is 2.32. The molecule has 0 aromatic carbocycles. The molecule has 2 N–H and O–H groups in total. The summed E-state index contributed by atoms with van der Waals surface area (Å²) in [6.07, 6.45) is 0. The van der Waals surface area contributed by atoms with Crippen LogP contribution in [0.4, 0.5) is 5.13 Å². The Balaban J connectivity index is 2.03. The maximum Gasteiger partial charge on any atom is 0.315 e. The molecule has 0 aliphatic rings. The predicted octanol–water partition coefficient (Wildman–Crippen LogP) is 1.81. The molecule has 0 spiro atoms. The van der Waals surface area contributed by atoms with Crippen LogP contribution in [0.25, 0.3) is 0 Å². The first-order valence-electron chi connectivity index (χ1n) is 5.62. The van der Waals surface area contributed by atoms with E-state index >= 15 is 0 Å². The van der Waals surface area contributed by atoms with Gasteiger partial charge in [-0.25, -0.2) is 4.98 Å². The summed E-state index contributed by atoms with van der Waals surface area (Å²) in [5.41, 5.74) is -0.480. The molecule has 2 aromatic heterocycles. The summed E-state index contributed by atoms with van der Waals surface area (Å²) in [5.74, 6) is 0.132. The lowest BCUT2D eigenvalue weighted by Gasteiger charge is -2.15. The molecule has 0 aliphatic carbocycles. The van der Waals surface area contributed by atoms with Gasteiger partial charge in [-0.15, -0.1) is 11.3 Å². The van der Waals surface area contributed by atoms with Gasteiger partial charge in [-0.1, -0.05) is 5.16 Å². The summed E-state index contributed by atoms with van der Waals surface area (Å²) in [5, 5.41) is 18.2. The van der Waals surface area contributed by atoms with Crippen LogP contribution in [0.1, 0.15) is 31.3 Å². The van der Waals surface area contributed by atoms with Crippen LogP contribution in [-0.4, -0.2) is 26.2 Å². The summed E-state index contributed by atoms with van der Waals surface area (Å²) in [6.45, 7) is 5.34. The minimum Gasteiger partial charge on any atom is -0.481 e. The van der Waals surface area contributed by atoms with Gasteiger partial charge in [-0.3, -0.25) is 4.79 Å². The van der Waals surface area contributed by atoms with E-state index in [0.29, 0.717) is 29.1 Å². The van der Waals surface area contributed by atoms with Gasteiger partial charge in [0.25, 0.3) is 0 Å². The molecule has 19 heavy (non-hydrogen) atoms. The molecular formula is C11H14N4O3S. The Morgan fingerprint density at radius 3 is 2.84 bits per heavy atom. The molecule has 2 rings (SSSR count). The van der Waals surface area contributed by atoms with Crippen LogP contribution < -0.4 is 5.32 Å². The van der Waals surface area contributed by atoms with Crippen LogP contribution in [0.2, 0.25) is 0 Å². The van der Waals surface area contributed by atoms with Crippen molar-refractivity contribution in [3.8, 4) is 0 Å². The Bertz CT molecular complexity index is 590. The van der Waals surface area contributed by atoms with E-state index in [0.717, 1.165) is 0 Å². The first-order valence-corrected chi connectivity index (χ1v) is 6.50. The second kappa shape index (κ2) is 4.96. The monoisotopic (exact) mass is 282 g/mol. The predicted molar refractivity (Wildman–Crippen MR) is 69.1 cm³/mol. The van der Waals surface area contributed by atoms with Crippen molar-refractivity contribution < 1.29 is 14.4 Å². The maximum atomic E-state index is 11.1. The summed E-state index contributed by atoms with van der Waals surface area (Å²) in [7, 11) is 0. The number of rotatable bonds is 5. The zero-order chi connectivity index (χ0) is 14.0. The molecule has 2 heterocycles. The number of thiazole rings is 1. The second-order valence-electron chi connectivity index (χ2n) is 4.56. The Kier molecular flexibility index (Phi) is 3.52. The van der Waals surface area contributed by atoms with Gasteiger partial charge in [0.1, 0.15) is 5.41 Å². The van der Waals surface area contributed by atoms with Crippen molar-refractivity contribution in [3.05, 3.63) is 22.8 Å². The third-order valence-electron chi connectivity index (χ3n) is 2.64. The van der Waals surface area contributed by atoms with Crippen molar-refractivity contribution in [3.63, 3.8) is 0 Å². The lowest BCUT2D eigenvalue weighted by Crippen LogP contribution is -2.28. The van der Waals surface area contributed by atoms with Crippen molar-refractivity contribution in [1.29, 1.82) is 0 Å². The number of hydrogen-bond acceptors (Lipinski definition) is 7. The zero-order valence-electron chi connectivity index (χ0n) is 10.8. The van der Waals surface area contributed by atoms with Crippen LogP contribution in [0, 0.1) is 6.92 Å². The quantitative estimate of drug-likeness (QED) is 0.862. The number of aryl methyl sites for hydroxylation is 1. The number of hydrogen-bond donors (Lipinski definition) is 2. The summed E-state index contributed by atoms with van der Waals surface area (Å²) in [4.78, 5) is 19.4. The van der Waals surface area contributed by atoms with Crippen molar-refractivity contribution >= 4 is 22.4 Å². The van der Waals surface area contributed by atoms with Crippen molar-refractivity contribution in [2.75, 3.05) is 5.32 Å². The lowest BCUT2D eigenvalue weighted by molar-refractivity contribution is -0.142. The molecule has 0 fully saturated rings. The molecule has 0 amide bonds. The van der Waals surface area contributed by atoms with Crippen LogP contribution in [-0.2, 0) is 16.8 Å². The fraction of sp³-hybridized carbons (Fsp3) is 0.455. The molecular weight excluding hydrogens is 268 g/mol. The van der Waals surface area contributed by atoms with E-state index in [1.54, 1.807) is 26.2 Å². The highest BCUT2D eigenvalue weighted by Crippen LogP contribution is 2.27. The molecule has 0 saturated carbocycles. The van der Waals surface area contributed by atoms with Crippen LogP contribution >= 0.6 is 11.3 Å². The standard InChI is InChI=1S/C11H14N4O3S/c1-6-13-8(18-15-6)4-12-10-14-7(5-19-10)11(2,3)9(16)17/h5H,4H2,1-3H3,(H,12,14)(H,16,17). The summed E-state index contributed by atoms with van der Waals surface area (Å²) < 4.78 is 4.96. The topological polar surface area (TPSA) is 101 Å². The van der Waals surface area contributed by atoms with Crippen LogP contribution in [0.15, 0.2) is 9.90 Å². The molecule has 0 unspecified atom stereocenters. The minimum absolute atomic E-state index is 0.362.